The second-order valence-corrected chi connectivity index (χ2v) is 5.99. The smallest absolute Gasteiger partial charge is 0.225 e. The first-order valence-corrected chi connectivity index (χ1v) is 7.40. The van der Waals surface area contributed by atoms with Gasteiger partial charge in [-0.15, -0.1) is 0 Å². The Bertz CT molecular complexity index is 644. The fraction of sp³-hybridized carbons (Fsp3) is 0.167. The van der Waals surface area contributed by atoms with E-state index in [-0.39, 0.29) is 16.2 Å². The fourth-order valence-electron chi connectivity index (χ4n) is 1.55. The molecule has 19 heavy (non-hydrogen) atoms. The predicted octanol–water partition coefficient (Wildman–Crippen LogP) is 2.17. The van der Waals surface area contributed by atoms with Gasteiger partial charge in [-0.25, -0.2) is 23.1 Å². The zero-order valence-corrected chi connectivity index (χ0v) is 11.7. The molecule has 0 saturated heterocycles. The summed E-state index contributed by atoms with van der Waals surface area (Å²) in [5, 5.41) is 0.00931. The van der Waals surface area contributed by atoms with Gasteiger partial charge in [-0.2, -0.15) is 0 Å². The second-order valence-electron chi connectivity index (χ2n) is 3.94. The van der Waals surface area contributed by atoms with Crippen LogP contribution in [0.5, 0.6) is 0 Å². The van der Waals surface area contributed by atoms with Gasteiger partial charge in [0, 0.05) is 6.04 Å². The summed E-state index contributed by atoms with van der Waals surface area (Å²) in [4.78, 5) is 7.31. The van der Waals surface area contributed by atoms with Crippen molar-refractivity contribution in [1.29, 1.82) is 0 Å². The molecule has 2 rings (SSSR count). The van der Waals surface area contributed by atoms with Crippen molar-refractivity contribution in [2.75, 3.05) is 0 Å². The molecule has 0 radical (unpaired) electrons. The number of benzene rings is 1. The molecule has 5 nitrogen and oxygen atoms in total. The molecule has 0 amide bonds. The molecule has 1 aromatic heterocycles. The van der Waals surface area contributed by atoms with E-state index >= 15 is 0 Å². The van der Waals surface area contributed by atoms with Crippen LogP contribution in [0.15, 0.2) is 47.6 Å². The van der Waals surface area contributed by atoms with Crippen LogP contribution in [0.25, 0.3) is 0 Å². The Morgan fingerprint density at radius 3 is 2.32 bits per heavy atom. The molecule has 7 heteroatoms. The molecule has 1 atom stereocenters. The third-order valence-electron chi connectivity index (χ3n) is 2.54. The summed E-state index contributed by atoms with van der Waals surface area (Å²) in [6.45, 7) is 1.77. The summed E-state index contributed by atoms with van der Waals surface area (Å²) < 4.78 is 26.7. The summed E-state index contributed by atoms with van der Waals surface area (Å²) >= 11 is 5.53. The number of nitrogens with one attached hydrogen (secondary N) is 1. The van der Waals surface area contributed by atoms with Crippen LogP contribution in [0, 0.1) is 0 Å². The van der Waals surface area contributed by atoms with Gasteiger partial charge in [-0.1, -0.05) is 30.3 Å². The maximum atomic E-state index is 12.1. The molecule has 1 heterocycles. The highest BCUT2D eigenvalue weighted by molar-refractivity contribution is 7.89. The first-order valence-electron chi connectivity index (χ1n) is 5.54. The van der Waals surface area contributed by atoms with Crippen molar-refractivity contribution in [1.82, 2.24) is 14.7 Å². The fourth-order valence-corrected chi connectivity index (χ4v) is 2.77. The minimum absolute atomic E-state index is 0.00931. The SMILES string of the molecule is CC(NS(=O)(=O)c1cnc(Cl)nc1)c1ccccc1. The molecule has 100 valence electrons. The predicted molar refractivity (Wildman–Crippen MR) is 72.2 cm³/mol. The molecule has 0 aliphatic heterocycles. The highest BCUT2D eigenvalue weighted by Gasteiger charge is 2.19. The third kappa shape index (κ3) is 3.50. The second kappa shape index (κ2) is 5.64. The molecule has 1 N–H and O–H groups in total. The Morgan fingerprint density at radius 2 is 1.74 bits per heavy atom. The first kappa shape index (κ1) is 13.9. The van der Waals surface area contributed by atoms with Gasteiger partial charge in [0.05, 0.1) is 12.4 Å². The number of nitrogens with zero attached hydrogens (tertiary/aromatic N) is 2. The molecule has 1 unspecified atom stereocenters. The molecular formula is C12H12ClN3O2S. The Hall–Kier alpha value is -1.50. The highest BCUT2D eigenvalue weighted by atomic mass is 35.5. The number of halogens is 1. The van der Waals surface area contributed by atoms with Crippen molar-refractivity contribution in [3.05, 3.63) is 53.6 Å². The number of hydrogen-bond acceptors (Lipinski definition) is 4. The lowest BCUT2D eigenvalue weighted by Gasteiger charge is -2.14. The Labute approximate surface area is 116 Å². The van der Waals surface area contributed by atoms with Crippen LogP contribution in [0.1, 0.15) is 18.5 Å². The van der Waals surface area contributed by atoms with Gasteiger partial charge in [0.2, 0.25) is 15.3 Å². The quantitative estimate of drug-likeness (QED) is 0.878. The minimum atomic E-state index is -3.66. The van der Waals surface area contributed by atoms with Crippen LogP contribution >= 0.6 is 11.6 Å². The van der Waals surface area contributed by atoms with E-state index in [2.05, 4.69) is 14.7 Å². The zero-order chi connectivity index (χ0) is 13.9. The van der Waals surface area contributed by atoms with E-state index in [9.17, 15) is 8.42 Å². The maximum Gasteiger partial charge on any atom is 0.244 e. The summed E-state index contributed by atoms with van der Waals surface area (Å²) in [7, 11) is -3.66. The molecular weight excluding hydrogens is 286 g/mol. The summed E-state index contributed by atoms with van der Waals surface area (Å²) in [5.41, 5.74) is 0.876. The van der Waals surface area contributed by atoms with Crippen molar-refractivity contribution in [2.45, 2.75) is 17.9 Å². The standard InChI is InChI=1S/C12H12ClN3O2S/c1-9(10-5-3-2-4-6-10)16-19(17,18)11-7-14-12(13)15-8-11/h2-9,16H,1H3. The van der Waals surface area contributed by atoms with Gasteiger partial charge in [0.25, 0.3) is 0 Å². The summed E-state index contributed by atoms with van der Waals surface area (Å²) in [6.07, 6.45) is 2.35. The van der Waals surface area contributed by atoms with Gasteiger partial charge in [-0.3, -0.25) is 0 Å². The Kier molecular flexibility index (Phi) is 4.14. The average Bonchev–Trinajstić information content (AvgIpc) is 2.40. The van der Waals surface area contributed by atoms with Crippen LogP contribution in [0.2, 0.25) is 5.28 Å². The molecule has 0 saturated carbocycles. The lowest BCUT2D eigenvalue weighted by atomic mass is 10.1. The number of aromatic nitrogens is 2. The maximum absolute atomic E-state index is 12.1. The van der Waals surface area contributed by atoms with E-state index in [1.807, 2.05) is 30.3 Å². The van der Waals surface area contributed by atoms with Crippen molar-refractivity contribution >= 4 is 21.6 Å². The molecule has 0 aliphatic carbocycles. The molecule has 0 fully saturated rings. The van der Waals surface area contributed by atoms with Gasteiger partial charge in [0.1, 0.15) is 4.90 Å². The molecule has 0 aliphatic rings. The Balaban J connectivity index is 2.20. The van der Waals surface area contributed by atoms with Crippen LogP contribution in [0.3, 0.4) is 0 Å². The van der Waals surface area contributed by atoms with Gasteiger partial charge in [-0.05, 0) is 24.1 Å². The highest BCUT2D eigenvalue weighted by Crippen LogP contribution is 2.16. The van der Waals surface area contributed by atoms with Gasteiger partial charge >= 0.3 is 0 Å². The largest absolute Gasteiger partial charge is 0.244 e. The van der Waals surface area contributed by atoms with Crippen molar-refractivity contribution < 1.29 is 8.42 Å². The topological polar surface area (TPSA) is 72.0 Å². The van der Waals surface area contributed by atoms with Gasteiger partial charge in [0.15, 0.2) is 0 Å². The molecule has 0 spiro atoms. The van der Waals surface area contributed by atoms with Crippen LogP contribution < -0.4 is 4.72 Å². The molecule has 0 bridgehead atoms. The minimum Gasteiger partial charge on any atom is -0.225 e. The van der Waals surface area contributed by atoms with E-state index in [1.54, 1.807) is 6.92 Å². The van der Waals surface area contributed by atoms with Crippen LogP contribution in [-0.4, -0.2) is 18.4 Å². The van der Waals surface area contributed by atoms with Crippen molar-refractivity contribution in [3.8, 4) is 0 Å². The number of rotatable bonds is 4. The van der Waals surface area contributed by atoms with Gasteiger partial charge < -0.3 is 0 Å². The molecule has 1 aromatic carbocycles. The normalized spacial score (nSPS) is 13.2. The van der Waals surface area contributed by atoms with E-state index in [0.717, 1.165) is 5.56 Å². The first-order chi connectivity index (χ1) is 8.99. The lowest BCUT2D eigenvalue weighted by molar-refractivity contribution is 0.566. The summed E-state index contributed by atoms with van der Waals surface area (Å²) in [5.74, 6) is 0. The molecule has 2 aromatic rings. The van der Waals surface area contributed by atoms with Crippen LogP contribution in [-0.2, 0) is 10.0 Å². The third-order valence-corrected chi connectivity index (χ3v) is 4.23. The average molecular weight is 298 g/mol. The van der Waals surface area contributed by atoms with E-state index < -0.39 is 10.0 Å². The monoisotopic (exact) mass is 297 g/mol. The van der Waals surface area contributed by atoms with Crippen molar-refractivity contribution in [3.63, 3.8) is 0 Å². The van der Waals surface area contributed by atoms with E-state index in [4.69, 9.17) is 11.6 Å². The zero-order valence-electron chi connectivity index (χ0n) is 10.1. The Morgan fingerprint density at radius 1 is 1.16 bits per heavy atom. The van der Waals surface area contributed by atoms with E-state index in [0.29, 0.717) is 0 Å². The number of hydrogen-bond donors (Lipinski definition) is 1. The number of sulfonamides is 1. The van der Waals surface area contributed by atoms with Crippen LogP contribution in [0.4, 0.5) is 0 Å². The summed E-state index contributed by atoms with van der Waals surface area (Å²) in [6, 6.07) is 8.94. The van der Waals surface area contributed by atoms with E-state index in [1.165, 1.54) is 12.4 Å². The lowest BCUT2D eigenvalue weighted by Crippen LogP contribution is -2.27. The van der Waals surface area contributed by atoms with Crippen molar-refractivity contribution in [2.24, 2.45) is 0 Å².